The Balaban J connectivity index is 2.75. The maximum Gasteiger partial charge on any atom is 0.326 e. The number of aromatic nitrogens is 1. The number of nitrogens with zero attached hydrogens (tertiary/aromatic N) is 2. The number of pyridine rings is 1. The second-order valence-electron chi connectivity index (χ2n) is 4.10. The van der Waals surface area contributed by atoms with Gasteiger partial charge >= 0.3 is 5.97 Å². The third-order valence-electron chi connectivity index (χ3n) is 2.77. The number of carboxylic acids is 1. The highest BCUT2D eigenvalue weighted by atomic mass is 16.4. The normalized spacial score (nSPS) is 12.1. The van der Waals surface area contributed by atoms with Crippen molar-refractivity contribution in [3.63, 3.8) is 0 Å². The molecule has 1 N–H and O–H groups in total. The molecule has 4 nitrogen and oxygen atoms in total. The summed E-state index contributed by atoms with van der Waals surface area (Å²) in [6, 6.07) is 5.02. The highest BCUT2D eigenvalue weighted by Crippen LogP contribution is 2.14. The second kappa shape index (κ2) is 6.89. The Kier molecular flexibility index (Phi) is 5.46. The monoisotopic (exact) mass is 236 g/mol. The van der Waals surface area contributed by atoms with Crippen molar-refractivity contribution < 1.29 is 9.90 Å². The number of rotatable bonds is 7. The first-order chi connectivity index (χ1) is 8.16. The van der Waals surface area contributed by atoms with Crippen LogP contribution >= 0.6 is 0 Å². The Labute approximate surface area is 102 Å². The summed E-state index contributed by atoms with van der Waals surface area (Å²) in [5.74, 6) is -0.0781. The lowest BCUT2D eigenvalue weighted by Gasteiger charge is -2.27. The Morgan fingerprint density at radius 3 is 2.76 bits per heavy atom. The van der Waals surface area contributed by atoms with Gasteiger partial charge in [-0.2, -0.15) is 0 Å². The van der Waals surface area contributed by atoms with Gasteiger partial charge in [0.2, 0.25) is 0 Å². The zero-order valence-corrected chi connectivity index (χ0v) is 10.5. The first-order valence-electron chi connectivity index (χ1n) is 6.07. The smallest absolute Gasteiger partial charge is 0.326 e. The molecule has 94 valence electrons. The first-order valence-corrected chi connectivity index (χ1v) is 6.07. The van der Waals surface area contributed by atoms with E-state index in [1.54, 1.807) is 13.1 Å². The minimum Gasteiger partial charge on any atom is -0.480 e. The van der Waals surface area contributed by atoms with Gasteiger partial charge in [-0.1, -0.05) is 25.8 Å². The summed E-state index contributed by atoms with van der Waals surface area (Å²) in [6.45, 7) is 4.56. The lowest BCUT2D eigenvalue weighted by Crippen LogP contribution is -2.40. The fourth-order valence-corrected chi connectivity index (χ4v) is 1.70. The highest BCUT2D eigenvalue weighted by Gasteiger charge is 2.21. The van der Waals surface area contributed by atoms with Crippen LogP contribution in [0.1, 0.15) is 33.1 Å². The molecule has 0 aliphatic heterocycles. The van der Waals surface area contributed by atoms with Gasteiger partial charge in [0, 0.05) is 12.7 Å². The van der Waals surface area contributed by atoms with E-state index in [4.69, 9.17) is 5.11 Å². The molecule has 0 fully saturated rings. The summed E-state index contributed by atoms with van der Waals surface area (Å²) in [5, 5.41) is 9.10. The van der Waals surface area contributed by atoms with E-state index in [0.29, 0.717) is 0 Å². The number of anilines is 1. The molecule has 1 aromatic rings. The molecule has 0 amide bonds. The molecule has 0 saturated carbocycles. The number of carboxylic acid groups (broad SMARTS) is 1. The van der Waals surface area contributed by atoms with Crippen molar-refractivity contribution in [3.05, 3.63) is 24.4 Å². The molecule has 0 aliphatic rings. The first kappa shape index (κ1) is 13.5. The van der Waals surface area contributed by atoms with E-state index in [2.05, 4.69) is 11.9 Å². The summed E-state index contributed by atoms with van der Waals surface area (Å²) in [7, 11) is 0. The number of carbonyl (C=O) groups is 1. The maximum atomic E-state index is 11.1. The molecule has 0 aromatic carbocycles. The molecule has 1 atom stereocenters. The highest BCUT2D eigenvalue weighted by molar-refractivity contribution is 5.77. The van der Waals surface area contributed by atoms with Crippen molar-refractivity contribution in [2.75, 3.05) is 11.4 Å². The molecule has 1 rings (SSSR count). The minimum atomic E-state index is -0.813. The molecule has 1 aromatic heterocycles. The van der Waals surface area contributed by atoms with Crippen LogP contribution in [0, 0.1) is 0 Å². The molecule has 17 heavy (non-hydrogen) atoms. The third kappa shape index (κ3) is 4.06. The lowest BCUT2D eigenvalue weighted by molar-refractivity contribution is -0.138. The predicted octanol–water partition coefficient (Wildman–Crippen LogP) is 2.55. The van der Waals surface area contributed by atoms with Crippen LogP contribution in [-0.2, 0) is 4.79 Å². The molecule has 0 bridgehead atoms. The largest absolute Gasteiger partial charge is 0.480 e. The predicted molar refractivity (Wildman–Crippen MR) is 68.2 cm³/mol. The molecule has 0 radical (unpaired) electrons. The zero-order valence-electron chi connectivity index (χ0n) is 10.5. The van der Waals surface area contributed by atoms with Gasteiger partial charge in [-0.15, -0.1) is 0 Å². The van der Waals surface area contributed by atoms with Crippen LogP contribution < -0.4 is 4.90 Å². The Hall–Kier alpha value is -1.58. The van der Waals surface area contributed by atoms with Gasteiger partial charge < -0.3 is 10.0 Å². The second-order valence-corrected chi connectivity index (χ2v) is 4.10. The van der Waals surface area contributed by atoms with Gasteiger partial charge in [0.25, 0.3) is 0 Å². The molecule has 0 aliphatic carbocycles. The maximum absolute atomic E-state index is 11.1. The number of aliphatic carboxylic acids is 1. The van der Waals surface area contributed by atoms with Crippen LogP contribution in [0.25, 0.3) is 0 Å². The van der Waals surface area contributed by atoms with E-state index >= 15 is 0 Å². The molecule has 0 unspecified atom stereocenters. The van der Waals surface area contributed by atoms with Crippen LogP contribution in [0.2, 0.25) is 0 Å². The van der Waals surface area contributed by atoms with Crippen molar-refractivity contribution >= 4 is 11.8 Å². The van der Waals surface area contributed by atoms with Crippen molar-refractivity contribution in [3.8, 4) is 0 Å². The van der Waals surface area contributed by atoms with E-state index in [9.17, 15) is 4.79 Å². The fraction of sp³-hybridized carbons (Fsp3) is 0.538. The average molecular weight is 236 g/mol. The number of unbranched alkanes of at least 4 members (excludes halogenated alkanes) is 2. The van der Waals surface area contributed by atoms with Crippen LogP contribution in [0.5, 0.6) is 0 Å². The molecule has 1 heterocycles. The van der Waals surface area contributed by atoms with Gasteiger partial charge in [0.1, 0.15) is 11.9 Å². The van der Waals surface area contributed by atoms with Gasteiger partial charge in [-0.25, -0.2) is 9.78 Å². The van der Waals surface area contributed by atoms with Gasteiger partial charge in [-0.05, 0) is 25.5 Å². The SMILES string of the molecule is CCCCCN(c1ccccn1)[C@@H](C)C(=O)O. The number of hydrogen-bond acceptors (Lipinski definition) is 3. The average Bonchev–Trinajstić information content (AvgIpc) is 2.35. The summed E-state index contributed by atoms with van der Waals surface area (Å²) in [6.07, 6.45) is 4.91. The topological polar surface area (TPSA) is 53.4 Å². The molecule has 4 heteroatoms. The summed E-state index contributed by atoms with van der Waals surface area (Å²) in [5.41, 5.74) is 0. The third-order valence-corrected chi connectivity index (χ3v) is 2.77. The Morgan fingerprint density at radius 2 is 2.24 bits per heavy atom. The minimum absolute atomic E-state index is 0.540. The molecular formula is C13H20N2O2. The molecule has 0 spiro atoms. The zero-order chi connectivity index (χ0) is 12.7. The van der Waals surface area contributed by atoms with Crippen LogP contribution in [0.15, 0.2) is 24.4 Å². The van der Waals surface area contributed by atoms with Crippen molar-refractivity contribution in [1.29, 1.82) is 0 Å². The van der Waals surface area contributed by atoms with E-state index in [1.165, 1.54) is 0 Å². The lowest BCUT2D eigenvalue weighted by atomic mass is 10.2. The van der Waals surface area contributed by atoms with Gasteiger partial charge in [0.05, 0.1) is 0 Å². The van der Waals surface area contributed by atoms with E-state index in [1.807, 2.05) is 23.1 Å². The van der Waals surface area contributed by atoms with Crippen LogP contribution in [-0.4, -0.2) is 28.6 Å². The van der Waals surface area contributed by atoms with Crippen molar-refractivity contribution in [2.24, 2.45) is 0 Å². The summed E-state index contributed by atoms with van der Waals surface area (Å²) < 4.78 is 0. The summed E-state index contributed by atoms with van der Waals surface area (Å²) in [4.78, 5) is 17.1. The van der Waals surface area contributed by atoms with Crippen molar-refractivity contribution in [1.82, 2.24) is 4.98 Å². The fourth-order valence-electron chi connectivity index (χ4n) is 1.70. The van der Waals surface area contributed by atoms with E-state index < -0.39 is 12.0 Å². The number of hydrogen-bond donors (Lipinski definition) is 1. The van der Waals surface area contributed by atoms with Gasteiger partial charge in [0.15, 0.2) is 0 Å². The summed E-state index contributed by atoms with van der Waals surface area (Å²) >= 11 is 0. The Bertz CT molecular complexity index is 341. The van der Waals surface area contributed by atoms with Crippen molar-refractivity contribution in [2.45, 2.75) is 39.2 Å². The Morgan fingerprint density at radius 1 is 1.47 bits per heavy atom. The van der Waals surface area contributed by atoms with Crippen LogP contribution in [0.3, 0.4) is 0 Å². The van der Waals surface area contributed by atoms with Crippen LogP contribution in [0.4, 0.5) is 5.82 Å². The standard InChI is InChI=1S/C13H20N2O2/c1-3-4-7-10-15(11(2)13(16)17)12-8-5-6-9-14-12/h5-6,8-9,11H,3-4,7,10H2,1-2H3,(H,16,17)/t11-/m0/s1. The van der Waals surface area contributed by atoms with E-state index in [-0.39, 0.29) is 0 Å². The quantitative estimate of drug-likeness (QED) is 0.739. The molecular weight excluding hydrogens is 216 g/mol. The molecule has 0 saturated heterocycles. The van der Waals surface area contributed by atoms with E-state index in [0.717, 1.165) is 31.6 Å². The van der Waals surface area contributed by atoms with Gasteiger partial charge in [-0.3, -0.25) is 0 Å².